The Labute approximate surface area is 198 Å². The van der Waals surface area contributed by atoms with Gasteiger partial charge in [0.15, 0.2) is 16.6 Å². The molecule has 2 heterocycles. The van der Waals surface area contributed by atoms with Gasteiger partial charge in [-0.15, -0.1) is 0 Å². The molecular formula is C26H48N2O2Si2. The fourth-order valence-corrected chi connectivity index (χ4v) is 5.87. The van der Waals surface area contributed by atoms with Crippen LogP contribution in [0.15, 0.2) is 36.7 Å². The van der Waals surface area contributed by atoms with Crippen molar-refractivity contribution < 1.29 is 9.22 Å². The Morgan fingerprint density at radius 2 is 1.44 bits per heavy atom. The monoisotopic (exact) mass is 476 g/mol. The molecular weight excluding hydrogens is 428 g/mol. The lowest BCUT2D eigenvalue weighted by Crippen LogP contribution is -2.41. The summed E-state index contributed by atoms with van der Waals surface area (Å²) < 4.78 is 6.60. The van der Waals surface area contributed by atoms with Gasteiger partial charge in [0.05, 0.1) is 0 Å². The topological polar surface area (TPSA) is 61.0 Å². The molecule has 1 atom stereocenters. The van der Waals surface area contributed by atoms with Gasteiger partial charge in [0.2, 0.25) is 0 Å². The van der Waals surface area contributed by atoms with Crippen LogP contribution in [-0.4, -0.2) is 38.0 Å². The molecule has 0 spiro atoms. The van der Waals surface area contributed by atoms with Gasteiger partial charge >= 0.3 is 0 Å². The van der Waals surface area contributed by atoms with Gasteiger partial charge in [0.25, 0.3) is 0 Å². The summed E-state index contributed by atoms with van der Waals surface area (Å²) >= 11 is 0. The molecule has 4 nitrogen and oxygen atoms in total. The molecule has 0 aliphatic heterocycles. The second-order valence-corrected chi connectivity index (χ2v) is 21.5. The van der Waals surface area contributed by atoms with Gasteiger partial charge in [-0.25, -0.2) is 0 Å². The zero-order valence-corrected chi connectivity index (χ0v) is 24.0. The van der Waals surface area contributed by atoms with Crippen LogP contribution in [-0.2, 0) is 4.43 Å². The minimum Gasteiger partial charge on any atom is -0.432 e. The molecule has 0 aromatic carbocycles. The van der Waals surface area contributed by atoms with E-state index in [4.69, 9.17) is 4.43 Å². The van der Waals surface area contributed by atoms with Crippen molar-refractivity contribution in [3.8, 4) is 0 Å². The highest BCUT2D eigenvalue weighted by Crippen LogP contribution is 2.43. The number of aromatic nitrogens is 2. The van der Waals surface area contributed by atoms with Crippen LogP contribution in [0.25, 0.3) is 0 Å². The van der Waals surface area contributed by atoms with E-state index in [0.717, 1.165) is 32.3 Å². The van der Waals surface area contributed by atoms with Gasteiger partial charge in [-0.2, -0.15) is 0 Å². The van der Waals surface area contributed by atoms with Crippen molar-refractivity contribution in [2.45, 2.75) is 102 Å². The molecule has 32 heavy (non-hydrogen) atoms. The van der Waals surface area contributed by atoms with E-state index in [-0.39, 0.29) is 10.1 Å². The molecule has 1 unspecified atom stereocenters. The van der Waals surface area contributed by atoms with E-state index in [1.807, 2.05) is 12.4 Å². The molecule has 3 N–H and O–H groups in total. The largest absolute Gasteiger partial charge is 0.432 e. The molecule has 0 radical (unpaired) electrons. The Bertz CT molecular complexity index is 719. The average Bonchev–Trinajstić information content (AvgIpc) is 3.34. The number of rotatable bonds is 12. The number of hydrogen-bond donors (Lipinski definition) is 3. The molecule has 0 fully saturated rings. The summed E-state index contributed by atoms with van der Waals surface area (Å²) in [4.78, 5) is 17.7. The van der Waals surface area contributed by atoms with E-state index in [0.29, 0.717) is 11.8 Å². The van der Waals surface area contributed by atoms with Crippen molar-refractivity contribution in [3.05, 3.63) is 48.0 Å². The van der Waals surface area contributed by atoms with Crippen LogP contribution >= 0.6 is 0 Å². The zero-order valence-electron chi connectivity index (χ0n) is 22.0. The zero-order chi connectivity index (χ0) is 24.2. The van der Waals surface area contributed by atoms with E-state index in [1.165, 1.54) is 11.4 Å². The number of hydrogen-bond acceptors (Lipinski definition) is 2. The van der Waals surface area contributed by atoms with Crippen molar-refractivity contribution in [1.29, 1.82) is 0 Å². The molecule has 0 aliphatic rings. The SMILES string of the molecule is CC(C)(CCCC(CCO[Si](C)(C)C(C)(C)C)C(c1ccc[nH]1)c1ccc[nH]1)[Si](C)(C)O. The Hall–Kier alpha value is -1.09. The lowest BCUT2D eigenvalue weighted by molar-refractivity contribution is 0.237. The highest BCUT2D eigenvalue weighted by Gasteiger charge is 2.39. The van der Waals surface area contributed by atoms with Crippen LogP contribution in [0.3, 0.4) is 0 Å². The normalized spacial score (nSPS) is 14.8. The fraction of sp³-hybridized carbons (Fsp3) is 0.692. The van der Waals surface area contributed by atoms with Crippen molar-refractivity contribution in [1.82, 2.24) is 9.97 Å². The van der Waals surface area contributed by atoms with E-state index in [2.05, 4.69) is 95.0 Å². The molecule has 0 bridgehead atoms. The smallest absolute Gasteiger partial charge is 0.191 e. The maximum Gasteiger partial charge on any atom is 0.191 e. The lowest BCUT2D eigenvalue weighted by Gasteiger charge is -2.37. The van der Waals surface area contributed by atoms with Crippen molar-refractivity contribution in [2.24, 2.45) is 5.92 Å². The second kappa shape index (κ2) is 10.5. The van der Waals surface area contributed by atoms with Crippen LogP contribution in [0.5, 0.6) is 0 Å². The van der Waals surface area contributed by atoms with Crippen molar-refractivity contribution in [2.75, 3.05) is 6.61 Å². The highest BCUT2D eigenvalue weighted by atomic mass is 28.4. The molecule has 0 saturated carbocycles. The third-order valence-corrected chi connectivity index (χ3v) is 16.3. The summed E-state index contributed by atoms with van der Waals surface area (Å²) in [5, 5.41) is 0.242. The molecule has 2 aromatic heterocycles. The first-order valence-corrected chi connectivity index (χ1v) is 18.1. The Kier molecular flexibility index (Phi) is 8.87. The number of nitrogens with one attached hydrogen (secondary N) is 2. The molecule has 2 rings (SSSR count). The van der Waals surface area contributed by atoms with Crippen LogP contribution in [0, 0.1) is 5.92 Å². The molecule has 6 heteroatoms. The maximum atomic E-state index is 10.7. The summed E-state index contributed by atoms with van der Waals surface area (Å²) in [7, 11) is -3.96. The number of aromatic amines is 2. The van der Waals surface area contributed by atoms with Crippen LogP contribution in [0.2, 0.25) is 36.3 Å². The quantitative estimate of drug-likeness (QED) is 0.275. The third-order valence-electron chi connectivity index (χ3n) is 8.18. The van der Waals surface area contributed by atoms with Gasteiger partial charge < -0.3 is 19.2 Å². The summed E-state index contributed by atoms with van der Waals surface area (Å²) in [5.41, 5.74) is 2.53. The Morgan fingerprint density at radius 3 is 1.84 bits per heavy atom. The molecule has 0 aliphatic carbocycles. The summed E-state index contributed by atoms with van der Waals surface area (Å²) in [6, 6.07) is 8.61. The predicted octanol–water partition coefficient (Wildman–Crippen LogP) is 7.65. The first-order valence-electron chi connectivity index (χ1n) is 12.3. The second-order valence-electron chi connectivity index (χ2n) is 12.2. The van der Waals surface area contributed by atoms with Crippen LogP contribution in [0.4, 0.5) is 0 Å². The van der Waals surface area contributed by atoms with E-state index in [9.17, 15) is 4.80 Å². The van der Waals surface area contributed by atoms with Crippen LogP contribution < -0.4 is 0 Å². The maximum absolute atomic E-state index is 10.7. The van der Waals surface area contributed by atoms with E-state index in [1.54, 1.807) is 0 Å². The summed E-state index contributed by atoms with van der Waals surface area (Å²) in [5.74, 6) is 0.766. The first kappa shape index (κ1) is 27.2. The lowest BCUT2D eigenvalue weighted by atomic mass is 9.81. The molecule has 0 saturated heterocycles. The van der Waals surface area contributed by atoms with E-state index >= 15 is 0 Å². The van der Waals surface area contributed by atoms with Crippen molar-refractivity contribution in [3.63, 3.8) is 0 Å². The first-order chi connectivity index (χ1) is 14.7. The van der Waals surface area contributed by atoms with Gasteiger partial charge in [-0.1, -0.05) is 41.0 Å². The average molecular weight is 477 g/mol. The van der Waals surface area contributed by atoms with Gasteiger partial charge in [0.1, 0.15) is 0 Å². The minimum absolute atomic E-state index is 0.0174. The van der Waals surface area contributed by atoms with Crippen LogP contribution in [0.1, 0.15) is 77.6 Å². The summed E-state index contributed by atoms with van der Waals surface area (Å²) in [6.45, 7) is 21.0. The van der Waals surface area contributed by atoms with Gasteiger partial charge in [-0.05, 0) is 85.7 Å². The minimum atomic E-state index is -2.19. The predicted molar refractivity (Wildman–Crippen MR) is 142 cm³/mol. The Balaban J connectivity index is 2.20. The highest BCUT2D eigenvalue weighted by molar-refractivity contribution is 6.74. The Morgan fingerprint density at radius 1 is 0.906 bits per heavy atom. The standard InChI is InChI=1S/C26H48N2O2Si2/c1-25(2,3)32(8,9)30-20-16-21(13-10-17-26(4,5)31(6,7)29)24(22-14-11-18-27-22)23-15-12-19-28-23/h11-12,14-15,18-19,21,24,27-29H,10,13,16-17,20H2,1-9H3. The fourth-order valence-electron chi connectivity index (χ4n) is 4.02. The number of H-pyrrole nitrogens is 2. The third kappa shape index (κ3) is 6.96. The molecule has 182 valence electrons. The molecule has 2 aromatic rings. The summed E-state index contributed by atoms with van der Waals surface area (Å²) in [6.07, 6.45) is 8.39. The molecule has 0 amide bonds. The van der Waals surface area contributed by atoms with E-state index < -0.39 is 16.6 Å². The van der Waals surface area contributed by atoms with Gasteiger partial charge in [0, 0.05) is 36.3 Å². The van der Waals surface area contributed by atoms with Crippen molar-refractivity contribution >= 4 is 16.6 Å². The van der Waals surface area contributed by atoms with Gasteiger partial charge in [-0.3, -0.25) is 0 Å².